The summed E-state index contributed by atoms with van der Waals surface area (Å²) < 4.78 is 4.75. The normalized spacial score (nSPS) is 12.7. The monoisotopic (exact) mass is 289 g/mol. The molecule has 21 heavy (non-hydrogen) atoms. The number of ether oxygens (including phenoxy) is 1. The standard InChI is InChI=1S/C17H23NO3/c1-16(2,3)10-7-12(17(4,5)6)11-9-14(21-15(19)20)18-13(11)8-10/h7-9,18H,1-6H3,(H,19,20). The molecule has 0 bridgehead atoms. The lowest BCUT2D eigenvalue weighted by Crippen LogP contribution is -2.16. The molecular formula is C17H23NO3. The topological polar surface area (TPSA) is 62.3 Å². The zero-order chi connectivity index (χ0) is 16.0. The molecule has 4 heteroatoms. The Hall–Kier alpha value is -1.97. The first-order chi connectivity index (χ1) is 9.48. The molecule has 1 heterocycles. The molecule has 0 radical (unpaired) electrons. The van der Waals surface area contributed by atoms with Crippen LogP contribution in [-0.2, 0) is 10.8 Å². The third kappa shape index (κ3) is 3.20. The van der Waals surface area contributed by atoms with Gasteiger partial charge < -0.3 is 14.8 Å². The summed E-state index contributed by atoms with van der Waals surface area (Å²) in [6, 6.07) is 6.04. The molecule has 0 aliphatic rings. The van der Waals surface area contributed by atoms with Gasteiger partial charge in [-0.25, -0.2) is 4.79 Å². The van der Waals surface area contributed by atoms with Crippen molar-refractivity contribution in [1.82, 2.24) is 4.98 Å². The lowest BCUT2D eigenvalue weighted by atomic mass is 9.79. The number of H-pyrrole nitrogens is 1. The van der Waals surface area contributed by atoms with Crippen LogP contribution in [-0.4, -0.2) is 16.2 Å². The maximum absolute atomic E-state index is 10.7. The van der Waals surface area contributed by atoms with Gasteiger partial charge in [0.2, 0.25) is 5.88 Å². The second-order valence-electron chi connectivity index (χ2n) is 7.49. The largest absolute Gasteiger partial charge is 0.512 e. The van der Waals surface area contributed by atoms with E-state index in [4.69, 9.17) is 9.84 Å². The number of hydrogen-bond acceptors (Lipinski definition) is 2. The molecular weight excluding hydrogens is 266 g/mol. The fourth-order valence-corrected chi connectivity index (χ4v) is 2.41. The molecule has 0 saturated carbocycles. The zero-order valence-corrected chi connectivity index (χ0v) is 13.5. The molecule has 0 spiro atoms. The van der Waals surface area contributed by atoms with E-state index in [1.54, 1.807) is 6.07 Å². The average Bonchev–Trinajstić information content (AvgIpc) is 2.65. The van der Waals surface area contributed by atoms with Crippen molar-refractivity contribution in [3.05, 3.63) is 29.3 Å². The average molecular weight is 289 g/mol. The highest BCUT2D eigenvalue weighted by Gasteiger charge is 2.23. The highest BCUT2D eigenvalue weighted by atomic mass is 16.7. The second-order valence-corrected chi connectivity index (χ2v) is 7.49. The molecule has 2 N–H and O–H groups in total. The first kappa shape index (κ1) is 15.4. The number of benzene rings is 1. The Bertz CT molecular complexity index is 684. The molecule has 0 saturated heterocycles. The van der Waals surface area contributed by atoms with Crippen LogP contribution in [0, 0.1) is 0 Å². The van der Waals surface area contributed by atoms with Gasteiger partial charge in [0.05, 0.1) is 0 Å². The van der Waals surface area contributed by atoms with Gasteiger partial charge in [-0.05, 0) is 28.0 Å². The van der Waals surface area contributed by atoms with E-state index in [-0.39, 0.29) is 16.7 Å². The first-order valence-electron chi connectivity index (χ1n) is 7.07. The van der Waals surface area contributed by atoms with Crippen LogP contribution in [0.4, 0.5) is 4.79 Å². The Morgan fingerprint density at radius 2 is 1.67 bits per heavy atom. The Labute approximate surface area is 125 Å². The van der Waals surface area contributed by atoms with E-state index in [1.807, 2.05) is 0 Å². The van der Waals surface area contributed by atoms with Crippen molar-refractivity contribution in [2.75, 3.05) is 0 Å². The summed E-state index contributed by atoms with van der Waals surface area (Å²) in [5.74, 6) is 0.258. The van der Waals surface area contributed by atoms with Crippen LogP contribution in [0.3, 0.4) is 0 Å². The highest BCUT2D eigenvalue weighted by Crippen LogP contribution is 2.36. The Morgan fingerprint density at radius 1 is 1.05 bits per heavy atom. The molecule has 2 aromatic rings. The van der Waals surface area contributed by atoms with Crippen LogP contribution in [0.25, 0.3) is 10.9 Å². The van der Waals surface area contributed by atoms with Crippen LogP contribution in [0.1, 0.15) is 52.7 Å². The van der Waals surface area contributed by atoms with E-state index in [1.165, 1.54) is 11.1 Å². The van der Waals surface area contributed by atoms with E-state index < -0.39 is 6.16 Å². The van der Waals surface area contributed by atoms with Gasteiger partial charge in [-0.3, -0.25) is 0 Å². The SMILES string of the molecule is CC(C)(C)c1cc(C(C)(C)C)c2cc(OC(=O)O)[nH]c2c1. The highest BCUT2D eigenvalue weighted by molar-refractivity contribution is 5.87. The number of fused-ring (bicyclic) bond motifs is 1. The van der Waals surface area contributed by atoms with Crippen molar-refractivity contribution in [1.29, 1.82) is 0 Å². The van der Waals surface area contributed by atoms with E-state index in [0.29, 0.717) is 0 Å². The molecule has 0 atom stereocenters. The van der Waals surface area contributed by atoms with Crippen LogP contribution < -0.4 is 4.74 Å². The summed E-state index contributed by atoms with van der Waals surface area (Å²) in [5, 5.41) is 9.77. The molecule has 1 aromatic heterocycles. The molecule has 0 aliphatic heterocycles. The van der Waals surface area contributed by atoms with Gasteiger partial charge >= 0.3 is 6.16 Å². The number of carbonyl (C=O) groups is 1. The van der Waals surface area contributed by atoms with Gasteiger partial charge in [0.15, 0.2) is 0 Å². The number of rotatable bonds is 1. The van der Waals surface area contributed by atoms with Gasteiger partial charge in [-0.2, -0.15) is 0 Å². The summed E-state index contributed by atoms with van der Waals surface area (Å²) >= 11 is 0. The summed E-state index contributed by atoms with van der Waals surface area (Å²) in [7, 11) is 0. The van der Waals surface area contributed by atoms with E-state index >= 15 is 0 Å². The van der Waals surface area contributed by atoms with Gasteiger partial charge in [0.25, 0.3) is 0 Å². The van der Waals surface area contributed by atoms with E-state index in [0.717, 1.165) is 10.9 Å². The number of nitrogens with one attached hydrogen (secondary N) is 1. The predicted molar refractivity (Wildman–Crippen MR) is 84.4 cm³/mol. The van der Waals surface area contributed by atoms with Crippen molar-refractivity contribution in [3.63, 3.8) is 0 Å². The number of hydrogen-bond donors (Lipinski definition) is 2. The first-order valence-corrected chi connectivity index (χ1v) is 7.07. The fourth-order valence-electron chi connectivity index (χ4n) is 2.41. The molecule has 4 nitrogen and oxygen atoms in total. The minimum absolute atomic E-state index is 0.0210. The summed E-state index contributed by atoms with van der Waals surface area (Å²) in [5.41, 5.74) is 3.28. The fraction of sp³-hybridized carbons (Fsp3) is 0.471. The predicted octanol–water partition coefficient (Wildman–Crippen LogP) is 4.82. The number of aromatic amines is 1. The summed E-state index contributed by atoms with van der Waals surface area (Å²) in [6.07, 6.45) is -1.31. The Kier molecular flexibility index (Phi) is 3.52. The third-order valence-electron chi connectivity index (χ3n) is 3.58. The van der Waals surface area contributed by atoms with E-state index in [9.17, 15) is 4.79 Å². The molecule has 0 aliphatic carbocycles. The van der Waals surface area contributed by atoms with Crippen LogP contribution in [0.2, 0.25) is 0 Å². The third-order valence-corrected chi connectivity index (χ3v) is 3.58. The van der Waals surface area contributed by atoms with Gasteiger partial charge in [-0.15, -0.1) is 0 Å². The lowest BCUT2D eigenvalue weighted by molar-refractivity contribution is 0.143. The van der Waals surface area contributed by atoms with Crippen molar-refractivity contribution in [3.8, 4) is 5.88 Å². The van der Waals surface area contributed by atoms with Gasteiger partial charge in [0, 0.05) is 17.0 Å². The van der Waals surface area contributed by atoms with E-state index in [2.05, 4.69) is 58.7 Å². The van der Waals surface area contributed by atoms with Crippen molar-refractivity contribution in [2.24, 2.45) is 0 Å². The Balaban J connectivity index is 2.71. The van der Waals surface area contributed by atoms with Crippen molar-refractivity contribution < 1.29 is 14.6 Å². The van der Waals surface area contributed by atoms with Crippen LogP contribution in [0.15, 0.2) is 18.2 Å². The van der Waals surface area contributed by atoms with Gasteiger partial charge in [0.1, 0.15) is 0 Å². The molecule has 2 rings (SSSR count). The van der Waals surface area contributed by atoms with Crippen LogP contribution >= 0.6 is 0 Å². The second kappa shape index (κ2) is 4.79. The van der Waals surface area contributed by atoms with Gasteiger partial charge in [-0.1, -0.05) is 47.6 Å². The smallest absolute Gasteiger partial charge is 0.449 e. The molecule has 0 fully saturated rings. The lowest BCUT2D eigenvalue weighted by Gasteiger charge is -2.25. The molecule has 0 unspecified atom stereocenters. The summed E-state index contributed by atoms with van der Waals surface area (Å²) in [6.45, 7) is 12.9. The quantitative estimate of drug-likeness (QED) is 0.740. The molecule has 114 valence electrons. The summed E-state index contributed by atoms with van der Waals surface area (Å²) in [4.78, 5) is 13.8. The Morgan fingerprint density at radius 3 is 2.14 bits per heavy atom. The van der Waals surface area contributed by atoms with Crippen LogP contribution in [0.5, 0.6) is 5.88 Å². The maximum Gasteiger partial charge on any atom is 0.512 e. The van der Waals surface area contributed by atoms with Crippen molar-refractivity contribution in [2.45, 2.75) is 52.4 Å². The minimum Gasteiger partial charge on any atom is -0.449 e. The zero-order valence-electron chi connectivity index (χ0n) is 13.5. The molecule has 0 amide bonds. The number of aromatic nitrogens is 1. The minimum atomic E-state index is -1.31. The molecule has 1 aromatic carbocycles. The maximum atomic E-state index is 10.7. The van der Waals surface area contributed by atoms with Crippen molar-refractivity contribution >= 4 is 17.1 Å². The number of carboxylic acid groups (broad SMARTS) is 1.